The Balaban J connectivity index is 0.00000176. The second kappa shape index (κ2) is 7.67. The molecule has 1 saturated heterocycles. The number of nitrogens with one attached hydrogen (secondary N) is 2. The Bertz CT molecular complexity index is 492. The third-order valence-corrected chi connectivity index (χ3v) is 5.15. The van der Waals surface area contributed by atoms with Crippen molar-refractivity contribution in [2.24, 2.45) is 5.92 Å². The summed E-state index contributed by atoms with van der Waals surface area (Å²) in [6.45, 7) is 1.76. The zero-order valence-corrected chi connectivity index (χ0v) is 14.3. The Morgan fingerprint density at radius 3 is 2.45 bits per heavy atom. The minimum Gasteiger partial charge on any atom is -0.346 e. The highest BCUT2D eigenvalue weighted by atomic mass is 35.5. The van der Waals surface area contributed by atoms with E-state index in [1.54, 1.807) is 0 Å². The van der Waals surface area contributed by atoms with E-state index < -0.39 is 0 Å². The maximum Gasteiger partial charge on any atom is 0.225 e. The summed E-state index contributed by atoms with van der Waals surface area (Å²) in [6.07, 6.45) is 6.61. The van der Waals surface area contributed by atoms with Crippen LogP contribution in [0.25, 0.3) is 0 Å². The van der Waals surface area contributed by atoms with Gasteiger partial charge >= 0.3 is 0 Å². The van der Waals surface area contributed by atoms with Crippen molar-refractivity contribution in [2.75, 3.05) is 13.1 Å². The molecule has 1 atom stereocenters. The molecule has 2 N–H and O–H groups in total. The predicted molar refractivity (Wildman–Crippen MR) is 92.6 cm³/mol. The molecule has 5 heteroatoms. The number of carbonyl (C=O) groups excluding carboxylic acids is 1. The number of rotatable bonds is 3. The highest BCUT2D eigenvalue weighted by molar-refractivity contribution is 6.30. The van der Waals surface area contributed by atoms with Crippen molar-refractivity contribution in [3.8, 4) is 0 Å². The molecule has 3 rings (SSSR count). The lowest BCUT2D eigenvalue weighted by Crippen LogP contribution is -2.49. The second-order valence-corrected chi connectivity index (χ2v) is 6.77. The van der Waals surface area contributed by atoms with E-state index in [0.717, 1.165) is 37.4 Å². The normalized spacial score (nSPS) is 23.6. The molecule has 0 aromatic heterocycles. The quantitative estimate of drug-likeness (QED) is 0.880. The van der Waals surface area contributed by atoms with Gasteiger partial charge in [0.05, 0.1) is 11.5 Å². The third-order valence-electron chi connectivity index (χ3n) is 4.90. The lowest BCUT2D eigenvalue weighted by molar-refractivity contribution is -0.127. The summed E-state index contributed by atoms with van der Waals surface area (Å²) in [5.74, 6) is 0.327. The van der Waals surface area contributed by atoms with E-state index in [9.17, 15) is 4.79 Å². The van der Waals surface area contributed by atoms with E-state index >= 15 is 0 Å². The van der Waals surface area contributed by atoms with Crippen molar-refractivity contribution in [1.82, 2.24) is 10.6 Å². The minimum absolute atomic E-state index is 0. The Labute approximate surface area is 143 Å². The Morgan fingerprint density at radius 1 is 1.18 bits per heavy atom. The summed E-state index contributed by atoms with van der Waals surface area (Å²) in [4.78, 5) is 12.6. The largest absolute Gasteiger partial charge is 0.346 e. The molecular weight excluding hydrogens is 319 g/mol. The zero-order chi connectivity index (χ0) is 14.7. The van der Waals surface area contributed by atoms with E-state index in [0.29, 0.717) is 0 Å². The van der Waals surface area contributed by atoms with Gasteiger partial charge in [-0.3, -0.25) is 4.79 Å². The van der Waals surface area contributed by atoms with Crippen LogP contribution in [0.2, 0.25) is 5.02 Å². The molecule has 1 amide bonds. The second-order valence-electron chi connectivity index (χ2n) is 6.33. The molecular formula is C17H24Cl2N2O. The molecule has 122 valence electrons. The summed E-state index contributed by atoms with van der Waals surface area (Å²) in [5, 5.41) is 7.41. The van der Waals surface area contributed by atoms with Crippen LogP contribution in [0, 0.1) is 5.92 Å². The van der Waals surface area contributed by atoms with Crippen LogP contribution < -0.4 is 10.6 Å². The Hall–Kier alpha value is -0.770. The average Bonchev–Trinajstić information content (AvgIpc) is 3.03. The van der Waals surface area contributed by atoms with Gasteiger partial charge in [0.1, 0.15) is 0 Å². The van der Waals surface area contributed by atoms with Gasteiger partial charge in [0.25, 0.3) is 0 Å². The molecule has 1 saturated carbocycles. The first-order chi connectivity index (χ1) is 10.2. The minimum atomic E-state index is -0.192. The summed E-state index contributed by atoms with van der Waals surface area (Å²) in [7, 11) is 0. The van der Waals surface area contributed by atoms with Crippen LogP contribution in [0.5, 0.6) is 0 Å². The van der Waals surface area contributed by atoms with Gasteiger partial charge in [-0.1, -0.05) is 43.0 Å². The molecule has 0 radical (unpaired) electrons. The summed E-state index contributed by atoms with van der Waals surface area (Å²) >= 11 is 6.01. The van der Waals surface area contributed by atoms with Crippen LogP contribution in [0.4, 0.5) is 0 Å². The van der Waals surface area contributed by atoms with Crippen LogP contribution in [-0.4, -0.2) is 19.0 Å². The van der Waals surface area contributed by atoms with Crippen molar-refractivity contribution in [3.05, 3.63) is 34.9 Å². The molecule has 0 bridgehead atoms. The molecule has 1 heterocycles. The van der Waals surface area contributed by atoms with Crippen molar-refractivity contribution in [2.45, 2.75) is 44.1 Å². The monoisotopic (exact) mass is 342 g/mol. The highest BCUT2D eigenvalue weighted by Gasteiger charge is 2.37. The molecule has 1 aromatic carbocycles. The van der Waals surface area contributed by atoms with Gasteiger partial charge in [-0.25, -0.2) is 0 Å². The van der Waals surface area contributed by atoms with Crippen molar-refractivity contribution in [1.29, 1.82) is 0 Å². The number of amides is 1. The smallest absolute Gasteiger partial charge is 0.225 e. The SMILES string of the molecule is Cl.O=C(NC1(c2ccc(Cl)cc2)CCCCC1)C1CCNC1. The summed E-state index contributed by atoms with van der Waals surface area (Å²) < 4.78 is 0. The Morgan fingerprint density at radius 2 is 1.86 bits per heavy atom. The number of hydrogen-bond donors (Lipinski definition) is 2. The topological polar surface area (TPSA) is 41.1 Å². The van der Waals surface area contributed by atoms with Gasteiger partial charge in [0, 0.05) is 11.6 Å². The van der Waals surface area contributed by atoms with E-state index in [-0.39, 0.29) is 29.8 Å². The number of benzene rings is 1. The zero-order valence-electron chi connectivity index (χ0n) is 12.7. The maximum absolute atomic E-state index is 12.6. The van der Waals surface area contributed by atoms with Crippen LogP contribution in [0.3, 0.4) is 0 Å². The third kappa shape index (κ3) is 3.76. The number of carbonyl (C=O) groups is 1. The molecule has 2 fully saturated rings. The van der Waals surface area contributed by atoms with Gasteiger partial charge < -0.3 is 10.6 Å². The molecule has 1 aliphatic heterocycles. The summed E-state index contributed by atoms with van der Waals surface area (Å²) in [6, 6.07) is 7.99. The van der Waals surface area contributed by atoms with E-state index in [2.05, 4.69) is 22.8 Å². The average molecular weight is 343 g/mol. The van der Waals surface area contributed by atoms with Gasteiger partial charge in [-0.05, 0) is 43.5 Å². The molecule has 0 spiro atoms. The predicted octanol–water partition coefficient (Wildman–Crippen LogP) is 3.65. The molecule has 1 unspecified atom stereocenters. The number of halogens is 2. The fraction of sp³-hybridized carbons (Fsp3) is 0.588. The van der Waals surface area contributed by atoms with Gasteiger partial charge in [0.2, 0.25) is 5.91 Å². The summed E-state index contributed by atoms with van der Waals surface area (Å²) in [5.41, 5.74) is 1.01. The van der Waals surface area contributed by atoms with Crippen molar-refractivity contribution < 1.29 is 4.79 Å². The highest BCUT2D eigenvalue weighted by Crippen LogP contribution is 2.38. The van der Waals surface area contributed by atoms with Crippen LogP contribution in [0.1, 0.15) is 44.1 Å². The lowest BCUT2D eigenvalue weighted by Gasteiger charge is -2.39. The van der Waals surface area contributed by atoms with Crippen molar-refractivity contribution >= 4 is 29.9 Å². The maximum atomic E-state index is 12.6. The van der Waals surface area contributed by atoms with Gasteiger partial charge in [0.15, 0.2) is 0 Å². The molecule has 3 nitrogen and oxygen atoms in total. The van der Waals surface area contributed by atoms with Crippen LogP contribution >= 0.6 is 24.0 Å². The first-order valence-corrected chi connectivity index (χ1v) is 8.36. The van der Waals surface area contributed by atoms with Crippen LogP contribution in [0.15, 0.2) is 24.3 Å². The fourth-order valence-electron chi connectivity index (χ4n) is 3.63. The van der Waals surface area contributed by atoms with Crippen molar-refractivity contribution in [3.63, 3.8) is 0 Å². The first-order valence-electron chi connectivity index (χ1n) is 7.98. The molecule has 1 aromatic rings. The molecule has 1 aliphatic carbocycles. The molecule has 2 aliphatic rings. The van der Waals surface area contributed by atoms with Gasteiger partial charge in [-0.2, -0.15) is 0 Å². The standard InChI is InChI=1S/C17H23ClN2O.ClH/c18-15-6-4-14(5-7-15)17(9-2-1-3-10-17)20-16(21)13-8-11-19-12-13;/h4-7,13,19H,1-3,8-12H2,(H,20,21);1H. The molecule has 22 heavy (non-hydrogen) atoms. The van der Waals surface area contributed by atoms with Crippen LogP contribution in [-0.2, 0) is 10.3 Å². The van der Waals surface area contributed by atoms with E-state index in [1.807, 2.05) is 12.1 Å². The fourth-order valence-corrected chi connectivity index (χ4v) is 3.75. The van der Waals surface area contributed by atoms with Gasteiger partial charge in [-0.15, -0.1) is 12.4 Å². The first kappa shape index (κ1) is 17.6. The Kier molecular flexibility index (Phi) is 6.13. The lowest BCUT2D eigenvalue weighted by atomic mass is 9.76. The number of hydrogen-bond acceptors (Lipinski definition) is 2. The van der Waals surface area contributed by atoms with E-state index in [4.69, 9.17) is 11.6 Å². The van der Waals surface area contributed by atoms with E-state index in [1.165, 1.54) is 24.8 Å².